The lowest BCUT2D eigenvalue weighted by molar-refractivity contribution is -0.131. The second-order valence-corrected chi connectivity index (χ2v) is 7.09. The average molecular weight is 429 g/mol. The summed E-state index contributed by atoms with van der Waals surface area (Å²) in [6.07, 6.45) is -1.40. The second kappa shape index (κ2) is 10.8. The van der Waals surface area contributed by atoms with Gasteiger partial charge in [-0.05, 0) is 23.3 Å². The van der Waals surface area contributed by atoms with Crippen molar-refractivity contribution in [3.8, 4) is 11.5 Å². The van der Waals surface area contributed by atoms with Crippen LogP contribution >= 0.6 is 0 Å². The fraction of sp³-hybridized carbons (Fsp3) is 0.391. The molecular weight excluding hydrogens is 402 g/mol. The third-order valence-electron chi connectivity index (χ3n) is 5.02. The van der Waals surface area contributed by atoms with Crippen molar-refractivity contribution < 1.29 is 33.6 Å². The molecule has 1 N–H and O–H groups in total. The molecule has 1 saturated heterocycles. The fourth-order valence-corrected chi connectivity index (χ4v) is 3.40. The van der Waals surface area contributed by atoms with Crippen molar-refractivity contribution in [3.05, 3.63) is 59.7 Å². The molecule has 166 valence electrons. The first-order chi connectivity index (χ1) is 15.0. The third-order valence-corrected chi connectivity index (χ3v) is 5.02. The lowest BCUT2D eigenvalue weighted by Gasteiger charge is -2.22. The number of cyclic esters (lactones) is 1. The van der Waals surface area contributed by atoms with Crippen molar-refractivity contribution in [2.24, 2.45) is 0 Å². The lowest BCUT2D eigenvalue weighted by Crippen LogP contribution is -2.35. The van der Waals surface area contributed by atoms with Crippen molar-refractivity contribution >= 4 is 12.0 Å². The normalized spacial score (nSPS) is 16.7. The number of carbonyl (C=O) groups is 2. The van der Waals surface area contributed by atoms with E-state index in [-0.39, 0.29) is 13.0 Å². The van der Waals surface area contributed by atoms with Crippen molar-refractivity contribution in [3.63, 3.8) is 0 Å². The van der Waals surface area contributed by atoms with E-state index in [4.69, 9.17) is 18.9 Å². The zero-order chi connectivity index (χ0) is 22.2. The van der Waals surface area contributed by atoms with Gasteiger partial charge in [0.2, 0.25) is 5.91 Å². The van der Waals surface area contributed by atoms with Crippen LogP contribution in [0.5, 0.6) is 11.5 Å². The quantitative estimate of drug-likeness (QED) is 0.579. The molecule has 8 nitrogen and oxygen atoms in total. The third kappa shape index (κ3) is 5.53. The molecule has 1 aliphatic heterocycles. The average Bonchev–Trinajstić information content (AvgIpc) is 3.18. The predicted octanol–water partition coefficient (Wildman–Crippen LogP) is 3.25. The van der Waals surface area contributed by atoms with Crippen LogP contribution in [0.4, 0.5) is 4.79 Å². The maximum absolute atomic E-state index is 12.9. The summed E-state index contributed by atoms with van der Waals surface area (Å²) in [6.45, 7) is 1.07. The van der Waals surface area contributed by atoms with E-state index in [0.29, 0.717) is 36.7 Å². The number of amides is 2. The highest BCUT2D eigenvalue weighted by atomic mass is 16.6. The van der Waals surface area contributed by atoms with Gasteiger partial charge in [-0.3, -0.25) is 4.79 Å². The van der Waals surface area contributed by atoms with Gasteiger partial charge in [0.15, 0.2) is 11.5 Å². The summed E-state index contributed by atoms with van der Waals surface area (Å²) in [4.78, 5) is 26.1. The standard InChI is InChI=1S/C23H27NO7/c1-28-11-6-12-30-21-13-17(9-10-20(21)29-2)19(25)14-22(26)24-18(15-31-23(24)27)16-7-4-3-5-8-16/h3-5,7-10,13,18-19,25H,6,11-12,14-15H2,1-2H3/t18-,19?/m0/s1. The summed E-state index contributed by atoms with van der Waals surface area (Å²) in [6, 6.07) is 13.7. The highest BCUT2D eigenvalue weighted by molar-refractivity contribution is 5.94. The van der Waals surface area contributed by atoms with Gasteiger partial charge < -0.3 is 24.1 Å². The number of benzene rings is 2. The largest absolute Gasteiger partial charge is 0.493 e. The molecule has 0 aliphatic carbocycles. The summed E-state index contributed by atoms with van der Waals surface area (Å²) in [7, 11) is 3.15. The van der Waals surface area contributed by atoms with E-state index in [1.54, 1.807) is 25.3 Å². The van der Waals surface area contributed by atoms with Crippen molar-refractivity contribution in [1.82, 2.24) is 4.90 Å². The Bertz CT molecular complexity index is 887. The molecule has 1 unspecified atom stereocenters. The molecule has 0 radical (unpaired) electrons. The van der Waals surface area contributed by atoms with E-state index in [1.807, 2.05) is 30.3 Å². The van der Waals surface area contributed by atoms with Crippen LogP contribution in [0.2, 0.25) is 0 Å². The monoisotopic (exact) mass is 429 g/mol. The minimum Gasteiger partial charge on any atom is -0.493 e. The molecule has 31 heavy (non-hydrogen) atoms. The number of ether oxygens (including phenoxy) is 4. The van der Waals surface area contributed by atoms with E-state index in [0.717, 1.165) is 10.5 Å². The number of imide groups is 1. The number of rotatable bonds is 10. The van der Waals surface area contributed by atoms with Crippen molar-refractivity contribution in [2.45, 2.75) is 25.0 Å². The summed E-state index contributed by atoms with van der Waals surface area (Å²) >= 11 is 0. The van der Waals surface area contributed by atoms with Gasteiger partial charge in [0.05, 0.1) is 26.2 Å². The van der Waals surface area contributed by atoms with Gasteiger partial charge in [-0.15, -0.1) is 0 Å². The Morgan fingerprint density at radius 3 is 2.65 bits per heavy atom. The Labute approximate surface area is 181 Å². The maximum Gasteiger partial charge on any atom is 0.417 e. The van der Waals surface area contributed by atoms with E-state index in [2.05, 4.69) is 0 Å². The number of nitrogens with zero attached hydrogens (tertiary/aromatic N) is 1. The molecule has 2 atom stereocenters. The number of aliphatic hydroxyl groups excluding tert-OH is 1. The highest BCUT2D eigenvalue weighted by Crippen LogP contribution is 2.33. The first kappa shape index (κ1) is 22.6. The Hall–Kier alpha value is -3.10. The number of methoxy groups -OCH3 is 2. The minimum atomic E-state index is -1.12. The van der Waals surface area contributed by atoms with Gasteiger partial charge in [0, 0.05) is 20.1 Å². The van der Waals surface area contributed by atoms with E-state index in [9.17, 15) is 14.7 Å². The molecule has 0 bridgehead atoms. The first-order valence-electron chi connectivity index (χ1n) is 10.1. The van der Waals surface area contributed by atoms with E-state index < -0.39 is 24.1 Å². The van der Waals surface area contributed by atoms with Gasteiger partial charge in [-0.2, -0.15) is 0 Å². The summed E-state index contributed by atoms with van der Waals surface area (Å²) in [5.74, 6) is 0.472. The molecule has 2 amide bonds. The Balaban J connectivity index is 1.70. The smallest absolute Gasteiger partial charge is 0.417 e. The lowest BCUT2D eigenvalue weighted by atomic mass is 10.0. The number of hydrogen-bond donors (Lipinski definition) is 1. The maximum atomic E-state index is 12.9. The summed E-state index contributed by atoms with van der Waals surface area (Å²) < 4.78 is 21.1. The Kier molecular flexibility index (Phi) is 7.86. The molecule has 2 aromatic rings. The molecule has 1 fully saturated rings. The zero-order valence-electron chi connectivity index (χ0n) is 17.7. The topological polar surface area (TPSA) is 94.5 Å². The van der Waals surface area contributed by atoms with Crippen LogP contribution in [0.15, 0.2) is 48.5 Å². The summed E-state index contributed by atoms with van der Waals surface area (Å²) in [5.41, 5.74) is 1.28. The van der Waals surface area contributed by atoms with Crippen molar-refractivity contribution in [2.75, 3.05) is 34.0 Å². The Morgan fingerprint density at radius 1 is 1.16 bits per heavy atom. The second-order valence-electron chi connectivity index (χ2n) is 7.09. The predicted molar refractivity (Wildman–Crippen MR) is 112 cm³/mol. The SMILES string of the molecule is COCCCOc1cc(C(O)CC(=O)N2C(=O)OC[C@H]2c2ccccc2)ccc1OC. The zero-order valence-corrected chi connectivity index (χ0v) is 17.7. The minimum absolute atomic E-state index is 0.0900. The molecule has 3 rings (SSSR count). The van der Waals surface area contributed by atoms with Crippen LogP contribution in [0.3, 0.4) is 0 Å². The first-order valence-corrected chi connectivity index (χ1v) is 10.1. The van der Waals surface area contributed by atoms with Crippen LogP contribution in [0, 0.1) is 0 Å². The summed E-state index contributed by atoms with van der Waals surface area (Å²) in [5, 5.41) is 10.7. The molecule has 8 heteroatoms. The molecule has 0 spiro atoms. The van der Waals surface area contributed by atoms with E-state index >= 15 is 0 Å². The van der Waals surface area contributed by atoms with Gasteiger partial charge in [-0.25, -0.2) is 9.69 Å². The van der Waals surface area contributed by atoms with Crippen LogP contribution in [0.25, 0.3) is 0 Å². The number of carbonyl (C=O) groups excluding carboxylic acids is 2. The van der Waals surface area contributed by atoms with Crippen LogP contribution in [0.1, 0.15) is 36.1 Å². The van der Waals surface area contributed by atoms with Crippen molar-refractivity contribution in [1.29, 1.82) is 0 Å². The number of aliphatic hydroxyl groups is 1. The molecule has 1 heterocycles. The molecule has 0 aromatic heterocycles. The highest BCUT2D eigenvalue weighted by Gasteiger charge is 2.39. The number of hydrogen-bond acceptors (Lipinski definition) is 7. The van der Waals surface area contributed by atoms with Gasteiger partial charge >= 0.3 is 6.09 Å². The van der Waals surface area contributed by atoms with Crippen LogP contribution in [-0.2, 0) is 14.3 Å². The van der Waals surface area contributed by atoms with Gasteiger partial charge in [-0.1, -0.05) is 36.4 Å². The fourth-order valence-electron chi connectivity index (χ4n) is 3.40. The van der Waals surface area contributed by atoms with Crippen LogP contribution in [-0.4, -0.2) is 56.0 Å². The van der Waals surface area contributed by atoms with Gasteiger partial charge in [0.25, 0.3) is 0 Å². The molecule has 0 saturated carbocycles. The van der Waals surface area contributed by atoms with Crippen LogP contribution < -0.4 is 9.47 Å². The molecule has 1 aliphatic rings. The molecular formula is C23H27NO7. The van der Waals surface area contributed by atoms with E-state index in [1.165, 1.54) is 7.11 Å². The Morgan fingerprint density at radius 2 is 1.94 bits per heavy atom. The molecule has 2 aromatic carbocycles. The van der Waals surface area contributed by atoms with Gasteiger partial charge in [0.1, 0.15) is 12.6 Å².